The van der Waals surface area contributed by atoms with Crippen LogP contribution in [0.5, 0.6) is 5.75 Å². The number of benzene rings is 2. The predicted molar refractivity (Wildman–Crippen MR) is 105 cm³/mol. The highest BCUT2D eigenvalue weighted by atomic mass is 32.2. The zero-order valence-corrected chi connectivity index (χ0v) is 17.6. The molecular weight excluding hydrogens is 439 g/mol. The minimum atomic E-state index is -5.79. The van der Waals surface area contributed by atoms with Crippen LogP contribution < -0.4 is 9.50 Å². The molecule has 1 amide bonds. The number of methoxy groups -OCH3 is 1. The summed E-state index contributed by atoms with van der Waals surface area (Å²) >= 11 is 0. The van der Waals surface area contributed by atoms with Gasteiger partial charge in [0.2, 0.25) is 0 Å². The molecule has 0 heterocycles. The van der Waals surface area contributed by atoms with E-state index in [1.165, 1.54) is 12.1 Å². The van der Waals surface area contributed by atoms with Crippen molar-refractivity contribution in [3.8, 4) is 5.75 Å². The summed E-state index contributed by atoms with van der Waals surface area (Å²) in [7, 11) is -4.64. The molecule has 0 fully saturated rings. The molecule has 2 rings (SSSR count). The molecule has 0 spiro atoms. The third-order valence-corrected chi connectivity index (χ3v) is 5.11. The van der Waals surface area contributed by atoms with Crippen LogP contribution in [0.2, 0.25) is 0 Å². The number of halogens is 3. The Morgan fingerprint density at radius 2 is 1.58 bits per heavy atom. The first-order valence-electron chi connectivity index (χ1n) is 8.89. The van der Waals surface area contributed by atoms with Crippen LogP contribution in [0.4, 0.5) is 13.2 Å². The maximum atomic E-state index is 12.6. The van der Waals surface area contributed by atoms with Crippen molar-refractivity contribution in [2.24, 2.45) is 0 Å². The lowest BCUT2D eigenvalue weighted by atomic mass is 10.0. The molecule has 11 heteroatoms. The van der Waals surface area contributed by atoms with Crippen LogP contribution in [0.25, 0.3) is 0 Å². The molecule has 0 saturated heterocycles. The lowest BCUT2D eigenvalue weighted by molar-refractivity contribution is -0.142. The van der Waals surface area contributed by atoms with Gasteiger partial charge >= 0.3 is 21.6 Å². The number of amides is 1. The fourth-order valence-corrected chi connectivity index (χ4v) is 3.23. The van der Waals surface area contributed by atoms with Crippen molar-refractivity contribution >= 4 is 22.0 Å². The van der Waals surface area contributed by atoms with E-state index < -0.39 is 39.3 Å². The second-order valence-electron chi connectivity index (χ2n) is 6.76. The highest BCUT2D eigenvalue weighted by molar-refractivity contribution is 7.88. The fraction of sp³-hybridized carbons (Fsp3) is 0.300. The average molecular weight is 459 g/mol. The summed E-state index contributed by atoms with van der Waals surface area (Å²) in [6, 6.07) is 8.70. The van der Waals surface area contributed by atoms with Crippen molar-refractivity contribution in [1.29, 1.82) is 0 Å². The summed E-state index contributed by atoms with van der Waals surface area (Å²) in [5.74, 6) is -1.77. The summed E-state index contributed by atoms with van der Waals surface area (Å²) in [5, 5.41) is 2.57. The molecule has 0 unspecified atom stereocenters. The van der Waals surface area contributed by atoms with Crippen LogP contribution in [-0.4, -0.2) is 39.0 Å². The number of hydrogen-bond acceptors (Lipinski definition) is 6. The molecule has 0 aliphatic rings. The van der Waals surface area contributed by atoms with Crippen LogP contribution in [0.15, 0.2) is 42.5 Å². The molecule has 2 aromatic rings. The number of aryl methyl sites for hydroxylation is 2. The molecule has 0 radical (unpaired) electrons. The molecule has 1 atom stereocenters. The molecule has 0 aromatic heterocycles. The van der Waals surface area contributed by atoms with E-state index in [0.29, 0.717) is 11.1 Å². The standard InChI is InChI=1S/C20H20F3NO6S/c1-12-8-13(2)10-15(9-12)18(25)24-17(19(26)29-3)11-14-4-6-16(7-5-14)30-31(27,28)20(21,22)23/h4-10,17H,11H2,1-3H3,(H,24,25)/t17-/m0/s1. The van der Waals surface area contributed by atoms with Gasteiger partial charge in [-0.25, -0.2) is 4.79 Å². The Labute approximate surface area is 177 Å². The number of carbonyl (C=O) groups is 2. The fourth-order valence-electron chi connectivity index (χ4n) is 2.77. The lowest BCUT2D eigenvalue weighted by Gasteiger charge is -2.17. The van der Waals surface area contributed by atoms with Crippen LogP contribution in [0, 0.1) is 13.8 Å². The van der Waals surface area contributed by atoms with Crippen molar-refractivity contribution in [2.75, 3.05) is 7.11 Å². The second-order valence-corrected chi connectivity index (χ2v) is 8.29. The zero-order chi connectivity index (χ0) is 23.4. The molecule has 0 bridgehead atoms. The number of carbonyl (C=O) groups excluding carboxylic acids is 2. The van der Waals surface area contributed by atoms with E-state index in [4.69, 9.17) is 4.74 Å². The number of hydrogen-bond donors (Lipinski definition) is 1. The summed E-state index contributed by atoms with van der Waals surface area (Å²) in [5.41, 5.74) is -3.05. The third kappa shape index (κ3) is 6.45. The first-order chi connectivity index (χ1) is 14.3. The van der Waals surface area contributed by atoms with Gasteiger partial charge in [-0.3, -0.25) is 4.79 Å². The summed E-state index contributed by atoms with van der Waals surface area (Å²) in [6.07, 6.45) is -0.0461. The van der Waals surface area contributed by atoms with E-state index >= 15 is 0 Å². The minimum Gasteiger partial charge on any atom is -0.467 e. The highest BCUT2D eigenvalue weighted by Gasteiger charge is 2.48. The summed E-state index contributed by atoms with van der Waals surface area (Å²) in [6.45, 7) is 3.65. The summed E-state index contributed by atoms with van der Waals surface area (Å²) in [4.78, 5) is 24.7. The number of esters is 1. The van der Waals surface area contributed by atoms with Gasteiger partial charge in [-0.1, -0.05) is 29.3 Å². The van der Waals surface area contributed by atoms with Gasteiger partial charge in [0.25, 0.3) is 5.91 Å². The third-order valence-electron chi connectivity index (χ3n) is 4.13. The molecule has 0 aliphatic heterocycles. The maximum absolute atomic E-state index is 12.6. The van der Waals surface area contributed by atoms with Crippen LogP contribution >= 0.6 is 0 Å². The second kappa shape index (κ2) is 9.38. The van der Waals surface area contributed by atoms with Crippen LogP contribution in [-0.2, 0) is 26.1 Å². The number of nitrogens with one attached hydrogen (secondary N) is 1. The Balaban J connectivity index is 2.16. The summed E-state index contributed by atoms with van der Waals surface area (Å²) < 4.78 is 68.1. The van der Waals surface area contributed by atoms with Gasteiger partial charge in [0.05, 0.1) is 7.11 Å². The maximum Gasteiger partial charge on any atom is 0.534 e. The molecule has 168 valence electrons. The quantitative estimate of drug-likeness (QED) is 0.388. The first-order valence-corrected chi connectivity index (χ1v) is 10.3. The van der Waals surface area contributed by atoms with Crippen molar-refractivity contribution in [3.63, 3.8) is 0 Å². The Hall–Kier alpha value is -3.08. The molecule has 7 nitrogen and oxygen atoms in total. The van der Waals surface area contributed by atoms with Gasteiger partial charge in [0.1, 0.15) is 11.8 Å². The van der Waals surface area contributed by atoms with Gasteiger partial charge in [-0.15, -0.1) is 0 Å². The molecule has 1 N–H and O–H groups in total. The van der Waals surface area contributed by atoms with E-state index in [-0.39, 0.29) is 6.42 Å². The molecule has 2 aromatic carbocycles. The van der Waals surface area contributed by atoms with E-state index in [1.54, 1.807) is 12.1 Å². The Bertz CT molecular complexity index is 1050. The van der Waals surface area contributed by atoms with Crippen molar-refractivity contribution in [3.05, 3.63) is 64.7 Å². The number of rotatable bonds is 7. The van der Waals surface area contributed by atoms with E-state index in [1.807, 2.05) is 19.9 Å². The normalized spacial score (nSPS) is 12.7. The zero-order valence-electron chi connectivity index (χ0n) is 16.8. The Kier molecular flexibility index (Phi) is 7.32. The van der Waals surface area contributed by atoms with Crippen molar-refractivity contribution < 1.29 is 40.1 Å². The van der Waals surface area contributed by atoms with Crippen LogP contribution in [0.3, 0.4) is 0 Å². The topological polar surface area (TPSA) is 98.8 Å². The van der Waals surface area contributed by atoms with Crippen molar-refractivity contribution in [1.82, 2.24) is 5.32 Å². The predicted octanol–water partition coefficient (Wildman–Crippen LogP) is 3.05. The smallest absolute Gasteiger partial charge is 0.467 e. The monoisotopic (exact) mass is 459 g/mol. The number of alkyl halides is 3. The van der Waals surface area contributed by atoms with Crippen molar-refractivity contribution in [2.45, 2.75) is 31.8 Å². The van der Waals surface area contributed by atoms with E-state index in [2.05, 4.69) is 9.50 Å². The first kappa shape index (κ1) is 24.2. The van der Waals surface area contributed by atoms with Gasteiger partial charge in [-0.05, 0) is 43.7 Å². The van der Waals surface area contributed by atoms with Gasteiger partial charge < -0.3 is 14.2 Å². The van der Waals surface area contributed by atoms with Gasteiger partial charge in [0.15, 0.2) is 0 Å². The van der Waals surface area contributed by atoms with Crippen LogP contribution in [0.1, 0.15) is 27.0 Å². The molecule has 0 aliphatic carbocycles. The van der Waals surface area contributed by atoms with E-state index in [0.717, 1.165) is 30.4 Å². The Morgan fingerprint density at radius 1 is 1.03 bits per heavy atom. The average Bonchev–Trinajstić information content (AvgIpc) is 2.66. The SMILES string of the molecule is COC(=O)[C@H](Cc1ccc(OS(=O)(=O)C(F)(F)F)cc1)NC(=O)c1cc(C)cc(C)c1. The minimum absolute atomic E-state index is 0.0461. The molecular formula is C20H20F3NO6S. The largest absolute Gasteiger partial charge is 0.534 e. The lowest BCUT2D eigenvalue weighted by Crippen LogP contribution is -2.43. The Morgan fingerprint density at radius 3 is 2.06 bits per heavy atom. The van der Waals surface area contributed by atoms with Gasteiger partial charge in [-0.2, -0.15) is 21.6 Å². The molecule has 0 saturated carbocycles. The number of ether oxygens (including phenoxy) is 1. The van der Waals surface area contributed by atoms with Gasteiger partial charge in [0, 0.05) is 12.0 Å². The van der Waals surface area contributed by atoms with E-state index in [9.17, 15) is 31.2 Å². The highest BCUT2D eigenvalue weighted by Crippen LogP contribution is 2.27. The molecule has 31 heavy (non-hydrogen) atoms.